The second-order valence-corrected chi connectivity index (χ2v) is 8.51. The van der Waals surface area contributed by atoms with Crippen LogP contribution in [0.5, 0.6) is 0 Å². The molecule has 0 aromatic carbocycles. The van der Waals surface area contributed by atoms with Crippen molar-refractivity contribution in [2.75, 3.05) is 7.11 Å². The van der Waals surface area contributed by atoms with Crippen molar-refractivity contribution < 1.29 is 14.6 Å². The zero-order chi connectivity index (χ0) is 21.7. The predicted molar refractivity (Wildman–Crippen MR) is 123 cm³/mol. The largest absolute Gasteiger partial charge is 0.478 e. The molecule has 1 rings (SSSR count). The lowest BCUT2D eigenvalue weighted by atomic mass is 9.81. The summed E-state index contributed by atoms with van der Waals surface area (Å²) in [5, 5.41) is 10.1. The fourth-order valence-corrected chi connectivity index (χ4v) is 4.20. The molecular weight excluding hydrogens is 360 g/mol. The molecule has 0 fully saturated rings. The standard InChI is InChI=1S/C26H44O3/c1-6-10-12-13-15-23(25(27)28)24(20-21(8-3)14-11-7-2)22-16-18-26(9-4,29-5)19-17-22/h16-18,21H,6-15,19-20H2,1-5H3,(H,27,28). The maximum absolute atomic E-state index is 12.2. The molecule has 0 bridgehead atoms. The van der Waals surface area contributed by atoms with Gasteiger partial charge in [-0.05, 0) is 49.2 Å². The minimum absolute atomic E-state index is 0.245. The van der Waals surface area contributed by atoms with Crippen LogP contribution in [-0.2, 0) is 9.53 Å². The molecule has 3 heteroatoms. The third-order valence-electron chi connectivity index (χ3n) is 6.53. The van der Waals surface area contributed by atoms with Crippen LogP contribution in [-0.4, -0.2) is 23.8 Å². The van der Waals surface area contributed by atoms with Crippen molar-refractivity contribution in [2.24, 2.45) is 5.92 Å². The van der Waals surface area contributed by atoms with Crippen LogP contribution in [0.2, 0.25) is 0 Å². The molecule has 166 valence electrons. The first-order valence-corrected chi connectivity index (χ1v) is 11.9. The number of methoxy groups -OCH3 is 1. The Morgan fingerprint density at radius 1 is 1.14 bits per heavy atom. The van der Waals surface area contributed by atoms with Gasteiger partial charge in [0.15, 0.2) is 0 Å². The SMILES string of the molecule is CCCCCCC(C(=O)O)=C(CC(CC)CCCC)C1=CCC(CC)(OC)C=C1. The second-order valence-electron chi connectivity index (χ2n) is 8.51. The molecule has 2 atom stereocenters. The molecule has 29 heavy (non-hydrogen) atoms. The van der Waals surface area contributed by atoms with E-state index in [2.05, 4.69) is 45.9 Å². The number of ether oxygens (including phenoxy) is 1. The minimum atomic E-state index is -0.741. The van der Waals surface area contributed by atoms with Crippen molar-refractivity contribution in [1.82, 2.24) is 0 Å². The first-order valence-electron chi connectivity index (χ1n) is 11.9. The summed E-state index contributed by atoms with van der Waals surface area (Å²) in [5.41, 5.74) is 2.56. The fourth-order valence-electron chi connectivity index (χ4n) is 4.20. The van der Waals surface area contributed by atoms with Gasteiger partial charge in [0, 0.05) is 12.7 Å². The first-order chi connectivity index (χ1) is 14.0. The molecule has 0 amide bonds. The zero-order valence-electron chi connectivity index (χ0n) is 19.6. The van der Waals surface area contributed by atoms with Crippen molar-refractivity contribution in [1.29, 1.82) is 0 Å². The van der Waals surface area contributed by atoms with Gasteiger partial charge in [0.05, 0.1) is 5.60 Å². The number of rotatable bonds is 15. The molecule has 2 unspecified atom stereocenters. The van der Waals surface area contributed by atoms with E-state index in [9.17, 15) is 9.90 Å². The van der Waals surface area contributed by atoms with Gasteiger partial charge in [-0.2, -0.15) is 0 Å². The molecule has 0 aromatic rings. The maximum Gasteiger partial charge on any atom is 0.331 e. The third kappa shape index (κ3) is 8.12. The number of allylic oxidation sites excluding steroid dienone is 3. The molecule has 0 saturated heterocycles. The van der Waals surface area contributed by atoms with Gasteiger partial charge in [0.25, 0.3) is 0 Å². The predicted octanol–water partition coefficient (Wildman–Crippen LogP) is 7.63. The normalized spacial score (nSPS) is 20.9. The van der Waals surface area contributed by atoms with E-state index in [0.29, 0.717) is 17.9 Å². The van der Waals surface area contributed by atoms with E-state index in [-0.39, 0.29) is 5.60 Å². The highest BCUT2D eigenvalue weighted by atomic mass is 16.5. The molecular formula is C26H44O3. The smallest absolute Gasteiger partial charge is 0.331 e. The Bertz CT molecular complexity index is 579. The zero-order valence-corrected chi connectivity index (χ0v) is 19.6. The van der Waals surface area contributed by atoms with Crippen LogP contribution in [0.25, 0.3) is 0 Å². The van der Waals surface area contributed by atoms with Crippen LogP contribution in [0.15, 0.2) is 34.9 Å². The Labute approximate surface area is 179 Å². The van der Waals surface area contributed by atoms with Crippen molar-refractivity contribution in [2.45, 2.75) is 110 Å². The third-order valence-corrected chi connectivity index (χ3v) is 6.53. The minimum Gasteiger partial charge on any atom is -0.478 e. The number of carboxylic acid groups (broad SMARTS) is 1. The van der Waals surface area contributed by atoms with E-state index in [0.717, 1.165) is 56.1 Å². The van der Waals surface area contributed by atoms with Gasteiger partial charge < -0.3 is 9.84 Å². The van der Waals surface area contributed by atoms with Gasteiger partial charge in [-0.15, -0.1) is 0 Å². The number of unbranched alkanes of at least 4 members (excludes halogenated alkanes) is 4. The van der Waals surface area contributed by atoms with Crippen molar-refractivity contribution in [3.8, 4) is 0 Å². The summed E-state index contributed by atoms with van der Waals surface area (Å²) in [6.45, 7) is 8.78. The van der Waals surface area contributed by atoms with E-state index in [1.54, 1.807) is 7.11 Å². The number of hydrogen-bond acceptors (Lipinski definition) is 2. The summed E-state index contributed by atoms with van der Waals surface area (Å²) in [7, 11) is 1.76. The van der Waals surface area contributed by atoms with Crippen LogP contribution >= 0.6 is 0 Å². The highest BCUT2D eigenvalue weighted by Crippen LogP contribution is 2.36. The first kappa shape index (κ1) is 25.7. The number of hydrogen-bond donors (Lipinski definition) is 1. The van der Waals surface area contributed by atoms with Crippen molar-refractivity contribution in [3.63, 3.8) is 0 Å². The Kier molecular flexibility index (Phi) is 12.2. The van der Waals surface area contributed by atoms with E-state index < -0.39 is 5.97 Å². The van der Waals surface area contributed by atoms with Gasteiger partial charge in [-0.1, -0.05) is 90.9 Å². The Balaban J connectivity index is 3.20. The number of carboxylic acids is 1. The summed E-state index contributed by atoms with van der Waals surface area (Å²) in [4.78, 5) is 12.2. The van der Waals surface area contributed by atoms with Gasteiger partial charge in [-0.3, -0.25) is 0 Å². The lowest BCUT2D eigenvalue weighted by Crippen LogP contribution is -2.29. The Morgan fingerprint density at radius 3 is 2.34 bits per heavy atom. The Hall–Kier alpha value is -1.35. The molecule has 3 nitrogen and oxygen atoms in total. The lowest BCUT2D eigenvalue weighted by molar-refractivity contribution is -0.132. The summed E-state index contributed by atoms with van der Waals surface area (Å²) < 4.78 is 5.75. The highest BCUT2D eigenvalue weighted by molar-refractivity contribution is 5.88. The molecule has 0 aliphatic heterocycles. The quantitative estimate of drug-likeness (QED) is 0.225. The monoisotopic (exact) mass is 404 g/mol. The fraction of sp³-hybridized carbons (Fsp3) is 0.731. The average Bonchev–Trinajstić information content (AvgIpc) is 2.74. The van der Waals surface area contributed by atoms with Gasteiger partial charge in [0.1, 0.15) is 0 Å². The van der Waals surface area contributed by atoms with Gasteiger partial charge in [-0.25, -0.2) is 4.79 Å². The molecule has 0 aromatic heterocycles. The lowest BCUT2D eigenvalue weighted by Gasteiger charge is -2.31. The molecule has 1 aliphatic rings. The van der Waals surface area contributed by atoms with E-state index >= 15 is 0 Å². The van der Waals surface area contributed by atoms with E-state index in [1.165, 1.54) is 25.7 Å². The van der Waals surface area contributed by atoms with Crippen LogP contribution in [0, 0.1) is 5.92 Å². The highest BCUT2D eigenvalue weighted by Gasteiger charge is 2.28. The number of carbonyl (C=O) groups is 1. The average molecular weight is 405 g/mol. The Morgan fingerprint density at radius 2 is 1.86 bits per heavy atom. The molecule has 0 spiro atoms. The topological polar surface area (TPSA) is 46.5 Å². The maximum atomic E-state index is 12.2. The number of aliphatic carboxylic acids is 1. The summed E-state index contributed by atoms with van der Waals surface area (Å²) in [5.74, 6) is -0.195. The summed E-state index contributed by atoms with van der Waals surface area (Å²) in [6.07, 6.45) is 18.8. The second kappa shape index (κ2) is 13.8. The summed E-state index contributed by atoms with van der Waals surface area (Å²) >= 11 is 0. The van der Waals surface area contributed by atoms with E-state index in [4.69, 9.17) is 4.74 Å². The van der Waals surface area contributed by atoms with Crippen LogP contribution in [0.3, 0.4) is 0 Å². The van der Waals surface area contributed by atoms with Crippen molar-refractivity contribution >= 4 is 5.97 Å². The van der Waals surface area contributed by atoms with Gasteiger partial charge >= 0.3 is 5.97 Å². The molecule has 1 aliphatic carbocycles. The van der Waals surface area contributed by atoms with E-state index in [1.807, 2.05) is 0 Å². The van der Waals surface area contributed by atoms with Gasteiger partial charge in [0.2, 0.25) is 0 Å². The molecule has 1 N–H and O–H groups in total. The molecule has 0 heterocycles. The van der Waals surface area contributed by atoms with Crippen LogP contribution in [0.1, 0.15) is 105 Å². The summed E-state index contributed by atoms with van der Waals surface area (Å²) in [6, 6.07) is 0. The van der Waals surface area contributed by atoms with Crippen LogP contribution in [0.4, 0.5) is 0 Å². The molecule has 0 radical (unpaired) electrons. The van der Waals surface area contributed by atoms with Crippen LogP contribution < -0.4 is 0 Å². The molecule has 0 saturated carbocycles. The van der Waals surface area contributed by atoms with Crippen molar-refractivity contribution in [3.05, 3.63) is 34.9 Å².